The molecule has 35 heavy (non-hydrogen) atoms. The topological polar surface area (TPSA) is 61.9 Å². The Morgan fingerprint density at radius 3 is 2.06 bits per heavy atom. The van der Waals surface area contributed by atoms with Crippen LogP contribution in [0.4, 0.5) is 9.18 Å². The number of carbonyl (C=O) groups excluding carboxylic acids is 2. The van der Waals surface area contributed by atoms with Crippen LogP contribution in [0.5, 0.6) is 0 Å². The van der Waals surface area contributed by atoms with Crippen LogP contribution in [0, 0.1) is 5.82 Å². The second-order valence-electron chi connectivity index (χ2n) is 8.54. The van der Waals surface area contributed by atoms with Crippen molar-refractivity contribution < 1.29 is 18.7 Å². The summed E-state index contributed by atoms with van der Waals surface area (Å²) in [6.07, 6.45) is 0.0298. The van der Waals surface area contributed by atoms with Gasteiger partial charge in [0.2, 0.25) is 5.91 Å². The normalized spacial score (nSPS) is 13.5. The minimum atomic E-state index is -0.371. The van der Waals surface area contributed by atoms with Crippen LogP contribution < -0.4 is 5.32 Å². The van der Waals surface area contributed by atoms with E-state index in [1.807, 2.05) is 54.6 Å². The number of halogens is 1. The van der Waals surface area contributed by atoms with E-state index >= 15 is 0 Å². The molecule has 0 spiro atoms. The van der Waals surface area contributed by atoms with Crippen LogP contribution in [-0.2, 0) is 35.7 Å². The Kier molecular flexibility index (Phi) is 8.46. The summed E-state index contributed by atoms with van der Waals surface area (Å²) < 4.78 is 19.7. The molecule has 0 saturated carbocycles. The molecule has 0 unspecified atom stereocenters. The third-order valence-corrected chi connectivity index (χ3v) is 6.14. The molecule has 6 nitrogen and oxygen atoms in total. The van der Waals surface area contributed by atoms with Gasteiger partial charge in [0.05, 0.1) is 19.6 Å². The van der Waals surface area contributed by atoms with Crippen LogP contribution in [0.1, 0.15) is 22.3 Å². The van der Waals surface area contributed by atoms with E-state index in [-0.39, 0.29) is 24.2 Å². The van der Waals surface area contributed by atoms with E-state index in [1.54, 1.807) is 28.0 Å². The van der Waals surface area contributed by atoms with E-state index < -0.39 is 0 Å². The number of urea groups is 1. The number of benzene rings is 3. The van der Waals surface area contributed by atoms with Crippen molar-refractivity contribution in [1.29, 1.82) is 0 Å². The first-order valence-corrected chi connectivity index (χ1v) is 11.8. The van der Waals surface area contributed by atoms with Crippen molar-refractivity contribution in [3.8, 4) is 0 Å². The van der Waals surface area contributed by atoms with Gasteiger partial charge in [-0.05, 0) is 28.3 Å². The standard InChI is InChI=1S/C28H30FN3O3/c29-26-13-7-6-10-23(26)18-27(33)31-14-16-32(17-15-31)28(34)30-19-24-11-4-5-12-25(24)21-35-20-22-8-2-1-3-9-22/h1-13H,14-21H2,(H,30,34). The third kappa shape index (κ3) is 6.90. The number of hydrogen-bond acceptors (Lipinski definition) is 3. The molecular weight excluding hydrogens is 445 g/mol. The average Bonchev–Trinajstić information content (AvgIpc) is 2.90. The highest BCUT2D eigenvalue weighted by Gasteiger charge is 2.24. The average molecular weight is 476 g/mol. The molecular formula is C28H30FN3O3. The summed E-state index contributed by atoms with van der Waals surface area (Å²) in [5, 5.41) is 2.99. The summed E-state index contributed by atoms with van der Waals surface area (Å²) in [4.78, 5) is 28.7. The van der Waals surface area contributed by atoms with Gasteiger partial charge in [0.25, 0.3) is 0 Å². The smallest absolute Gasteiger partial charge is 0.317 e. The Balaban J connectivity index is 1.22. The first-order valence-electron chi connectivity index (χ1n) is 11.8. The first-order chi connectivity index (χ1) is 17.1. The van der Waals surface area contributed by atoms with Crippen molar-refractivity contribution in [3.05, 3.63) is 107 Å². The zero-order valence-electron chi connectivity index (χ0n) is 19.7. The van der Waals surface area contributed by atoms with Gasteiger partial charge in [0.1, 0.15) is 5.82 Å². The zero-order valence-corrected chi connectivity index (χ0v) is 19.7. The third-order valence-electron chi connectivity index (χ3n) is 6.14. The Bertz CT molecular complexity index is 1130. The second kappa shape index (κ2) is 12.1. The molecule has 4 rings (SSSR count). The van der Waals surface area contributed by atoms with Gasteiger partial charge in [-0.15, -0.1) is 0 Å². The number of piperazine rings is 1. The van der Waals surface area contributed by atoms with Crippen LogP contribution >= 0.6 is 0 Å². The molecule has 0 radical (unpaired) electrons. The van der Waals surface area contributed by atoms with Gasteiger partial charge in [0, 0.05) is 32.7 Å². The lowest BCUT2D eigenvalue weighted by molar-refractivity contribution is -0.131. The van der Waals surface area contributed by atoms with E-state index in [2.05, 4.69) is 5.32 Å². The molecule has 0 aromatic heterocycles. The summed E-state index contributed by atoms with van der Waals surface area (Å²) in [5.74, 6) is -0.496. The SMILES string of the molecule is O=C(Cc1ccccc1F)N1CCN(C(=O)NCc2ccccc2COCc2ccccc2)CC1. The highest BCUT2D eigenvalue weighted by molar-refractivity contribution is 5.79. The van der Waals surface area contributed by atoms with Crippen LogP contribution in [0.15, 0.2) is 78.9 Å². The fourth-order valence-electron chi connectivity index (χ4n) is 4.08. The van der Waals surface area contributed by atoms with Crippen LogP contribution in [0.3, 0.4) is 0 Å². The zero-order chi connectivity index (χ0) is 24.5. The molecule has 3 aromatic carbocycles. The van der Waals surface area contributed by atoms with Crippen molar-refractivity contribution in [1.82, 2.24) is 15.1 Å². The molecule has 3 aromatic rings. The second-order valence-corrected chi connectivity index (χ2v) is 8.54. The summed E-state index contributed by atoms with van der Waals surface area (Å²) >= 11 is 0. The summed E-state index contributed by atoms with van der Waals surface area (Å²) in [7, 11) is 0. The van der Waals surface area contributed by atoms with Gasteiger partial charge in [-0.3, -0.25) is 4.79 Å². The fourth-order valence-corrected chi connectivity index (χ4v) is 4.08. The summed E-state index contributed by atoms with van der Waals surface area (Å²) in [6.45, 7) is 3.14. The maximum absolute atomic E-state index is 13.8. The van der Waals surface area contributed by atoms with Gasteiger partial charge in [-0.2, -0.15) is 0 Å². The largest absolute Gasteiger partial charge is 0.372 e. The highest BCUT2D eigenvalue weighted by Crippen LogP contribution is 2.13. The number of hydrogen-bond donors (Lipinski definition) is 1. The Morgan fingerprint density at radius 2 is 1.34 bits per heavy atom. The molecule has 1 heterocycles. The van der Waals surface area contributed by atoms with Crippen LogP contribution in [0.2, 0.25) is 0 Å². The van der Waals surface area contributed by atoms with Gasteiger partial charge in [0.15, 0.2) is 0 Å². The van der Waals surface area contributed by atoms with E-state index in [4.69, 9.17) is 4.74 Å². The van der Waals surface area contributed by atoms with Gasteiger partial charge >= 0.3 is 6.03 Å². The van der Waals surface area contributed by atoms with E-state index in [0.29, 0.717) is 51.5 Å². The lowest BCUT2D eigenvalue weighted by Gasteiger charge is -2.35. The molecule has 1 saturated heterocycles. The number of carbonyl (C=O) groups is 2. The molecule has 1 aliphatic rings. The first kappa shape index (κ1) is 24.4. The molecule has 1 aliphatic heterocycles. The summed E-state index contributed by atoms with van der Waals surface area (Å²) in [5.41, 5.74) is 3.55. The van der Waals surface area contributed by atoms with Gasteiger partial charge in [-0.1, -0.05) is 72.8 Å². The van der Waals surface area contributed by atoms with Crippen molar-refractivity contribution in [3.63, 3.8) is 0 Å². The van der Waals surface area contributed by atoms with Gasteiger partial charge in [-0.25, -0.2) is 9.18 Å². The van der Waals surface area contributed by atoms with Crippen LogP contribution in [-0.4, -0.2) is 47.9 Å². The van der Waals surface area contributed by atoms with Gasteiger partial charge < -0.3 is 19.9 Å². The quantitative estimate of drug-likeness (QED) is 0.533. The Morgan fingerprint density at radius 1 is 0.743 bits per heavy atom. The monoisotopic (exact) mass is 475 g/mol. The maximum atomic E-state index is 13.8. The highest BCUT2D eigenvalue weighted by atomic mass is 19.1. The maximum Gasteiger partial charge on any atom is 0.317 e. The lowest BCUT2D eigenvalue weighted by atomic mass is 10.1. The molecule has 182 valence electrons. The van der Waals surface area contributed by atoms with Crippen molar-refractivity contribution in [2.75, 3.05) is 26.2 Å². The van der Waals surface area contributed by atoms with E-state index in [1.165, 1.54) is 6.07 Å². The molecule has 7 heteroatoms. The summed E-state index contributed by atoms with van der Waals surface area (Å²) in [6, 6.07) is 24.1. The minimum Gasteiger partial charge on any atom is -0.372 e. The predicted octanol–water partition coefficient (Wildman–Crippen LogP) is 4.14. The molecule has 0 aliphatic carbocycles. The fraction of sp³-hybridized carbons (Fsp3) is 0.286. The number of nitrogens with one attached hydrogen (secondary N) is 1. The Labute approximate surface area is 205 Å². The number of amides is 3. The molecule has 0 bridgehead atoms. The molecule has 3 amide bonds. The van der Waals surface area contributed by atoms with Crippen molar-refractivity contribution >= 4 is 11.9 Å². The molecule has 1 fully saturated rings. The van der Waals surface area contributed by atoms with E-state index in [9.17, 15) is 14.0 Å². The Hall–Kier alpha value is -3.71. The lowest BCUT2D eigenvalue weighted by Crippen LogP contribution is -2.53. The van der Waals surface area contributed by atoms with E-state index in [0.717, 1.165) is 16.7 Å². The van der Waals surface area contributed by atoms with Crippen LogP contribution in [0.25, 0.3) is 0 Å². The molecule has 0 atom stereocenters. The predicted molar refractivity (Wildman–Crippen MR) is 132 cm³/mol. The number of ether oxygens (including phenoxy) is 1. The number of rotatable bonds is 8. The van der Waals surface area contributed by atoms with Crippen molar-refractivity contribution in [2.45, 2.75) is 26.2 Å². The minimum absolute atomic E-state index is 0.0298. The van der Waals surface area contributed by atoms with Crippen molar-refractivity contribution in [2.24, 2.45) is 0 Å². The number of nitrogens with zero attached hydrogens (tertiary/aromatic N) is 2. The molecule has 1 N–H and O–H groups in total.